The van der Waals surface area contributed by atoms with Gasteiger partial charge in [-0.15, -0.1) is 11.3 Å². The van der Waals surface area contributed by atoms with Crippen molar-refractivity contribution >= 4 is 45.0 Å². The minimum absolute atomic E-state index is 0.0605. The van der Waals surface area contributed by atoms with Crippen LogP contribution in [0.4, 0.5) is 5.82 Å². The van der Waals surface area contributed by atoms with Crippen LogP contribution >= 0.6 is 23.1 Å². The minimum Gasteiger partial charge on any atom is -0.383 e. The second-order valence-electron chi connectivity index (χ2n) is 5.58. The summed E-state index contributed by atoms with van der Waals surface area (Å²) in [6.07, 6.45) is 7.20. The molecule has 0 aliphatic heterocycles. The molecular formula is C15H20N4OS2. The van der Waals surface area contributed by atoms with Gasteiger partial charge in [0.2, 0.25) is 5.91 Å². The summed E-state index contributed by atoms with van der Waals surface area (Å²) < 4.78 is 0. The number of hydrogen-bond acceptors (Lipinski definition) is 6. The van der Waals surface area contributed by atoms with Gasteiger partial charge in [-0.3, -0.25) is 4.79 Å². The predicted molar refractivity (Wildman–Crippen MR) is 92.2 cm³/mol. The van der Waals surface area contributed by atoms with Crippen molar-refractivity contribution in [3.8, 4) is 0 Å². The number of nitrogen functional groups attached to an aromatic ring is 1. The van der Waals surface area contributed by atoms with Crippen molar-refractivity contribution in [3.63, 3.8) is 0 Å². The Morgan fingerprint density at radius 1 is 1.32 bits per heavy atom. The molecule has 1 amide bonds. The van der Waals surface area contributed by atoms with Gasteiger partial charge in [0.15, 0.2) is 5.16 Å². The predicted octanol–water partition coefficient (Wildman–Crippen LogP) is 3.20. The van der Waals surface area contributed by atoms with E-state index in [0.29, 0.717) is 22.8 Å². The van der Waals surface area contributed by atoms with Crippen LogP contribution in [0.1, 0.15) is 38.5 Å². The van der Waals surface area contributed by atoms with Crippen LogP contribution in [0.5, 0.6) is 0 Å². The number of nitrogens with zero attached hydrogens (tertiary/aromatic N) is 2. The zero-order valence-corrected chi connectivity index (χ0v) is 14.0. The molecule has 2 aromatic heterocycles. The molecule has 1 aliphatic carbocycles. The number of carbonyl (C=O) groups excluding carboxylic acids is 1. The summed E-state index contributed by atoms with van der Waals surface area (Å²) in [6.45, 7) is 0. The van der Waals surface area contributed by atoms with Crippen LogP contribution in [0, 0.1) is 0 Å². The Labute approximate surface area is 138 Å². The number of carbonyl (C=O) groups is 1. The number of fused-ring (bicyclic) bond motifs is 1. The Kier molecular flexibility index (Phi) is 5.15. The van der Waals surface area contributed by atoms with E-state index in [9.17, 15) is 4.79 Å². The normalized spacial score (nSPS) is 16.5. The molecule has 2 aromatic rings. The van der Waals surface area contributed by atoms with Crippen molar-refractivity contribution in [3.05, 3.63) is 11.4 Å². The first-order chi connectivity index (χ1) is 10.7. The number of rotatable bonds is 4. The van der Waals surface area contributed by atoms with Crippen LogP contribution in [0.15, 0.2) is 16.6 Å². The Balaban J connectivity index is 1.55. The summed E-state index contributed by atoms with van der Waals surface area (Å²) in [5, 5.41) is 6.54. The van der Waals surface area contributed by atoms with E-state index in [1.807, 2.05) is 11.4 Å². The van der Waals surface area contributed by atoms with E-state index < -0.39 is 0 Å². The molecule has 0 aromatic carbocycles. The fourth-order valence-corrected chi connectivity index (χ4v) is 4.24. The third kappa shape index (κ3) is 3.89. The molecule has 0 bridgehead atoms. The first-order valence-electron chi connectivity index (χ1n) is 7.65. The minimum atomic E-state index is 0.0605. The van der Waals surface area contributed by atoms with Crippen LogP contribution in [0.25, 0.3) is 10.2 Å². The fraction of sp³-hybridized carbons (Fsp3) is 0.533. The Morgan fingerprint density at radius 3 is 2.86 bits per heavy atom. The lowest BCUT2D eigenvalue weighted by atomic mass is 10.1. The highest BCUT2D eigenvalue weighted by molar-refractivity contribution is 7.99. The molecule has 0 unspecified atom stereocenters. The second kappa shape index (κ2) is 7.28. The molecule has 22 heavy (non-hydrogen) atoms. The lowest BCUT2D eigenvalue weighted by Gasteiger charge is -2.15. The Hall–Kier alpha value is -1.34. The Bertz CT molecular complexity index is 650. The van der Waals surface area contributed by atoms with E-state index in [4.69, 9.17) is 5.73 Å². The third-order valence-electron chi connectivity index (χ3n) is 3.89. The number of nitrogens with one attached hydrogen (secondary N) is 1. The van der Waals surface area contributed by atoms with Gasteiger partial charge in [-0.2, -0.15) is 0 Å². The van der Waals surface area contributed by atoms with E-state index in [2.05, 4.69) is 15.3 Å². The van der Waals surface area contributed by atoms with E-state index in [1.54, 1.807) is 0 Å². The van der Waals surface area contributed by atoms with Crippen LogP contribution in [-0.2, 0) is 4.79 Å². The smallest absolute Gasteiger partial charge is 0.230 e. The molecule has 5 nitrogen and oxygen atoms in total. The van der Waals surface area contributed by atoms with E-state index in [0.717, 1.165) is 23.1 Å². The molecule has 1 saturated carbocycles. The molecule has 118 valence electrons. The maximum atomic E-state index is 12.1. The SMILES string of the molecule is Nc1nc(SCC(=O)NC2CCCCCC2)nc2sccc12. The molecule has 7 heteroatoms. The lowest BCUT2D eigenvalue weighted by Crippen LogP contribution is -2.35. The zero-order valence-electron chi connectivity index (χ0n) is 12.4. The van der Waals surface area contributed by atoms with Gasteiger partial charge < -0.3 is 11.1 Å². The topological polar surface area (TPSA) is 80.9 Å². The summed E-state index contributed by atoms with van der Waals surface area (Å²) in [7, 11) is 0. The third-order valence-corrected chi connectivity index (χ3v) is 5.54. The molecule has 1 aliphatic rings. The first kappa shape index (κ1) is 15.6. The Morgan fingerprint density at radius 2 is 2.09 bits per heavy atom. The van der Waals surface area contributed by atoms with E-state index in [-0.39, 0.29) is 5.91 Å². The molecule has 0 radical (unpaired) electrons. The maximum absolute atomic E-state index is 12.1. The molecule has 3 rings (SSSR count). The molecular weight excluding hydrogens is 316 g/mol. The van der Waals surface area contributed by atoms with Crippen molar-refractivity contribution < 1.29 is 4.79 Å². The standard InChI is InChI=1S/C15H20N4OS2/c16-13-11-7-8-21-14(11)19-15(18-13)22-9-12(20)17-10-5-3-1-2-4-6-10/h7-8,10H,1-6,9H2,(H,17,20)(H2,16,18,19). The van der Waals surface area contributed by atoms with Gasteiger partial charge in [0.05, 0.1) is 11.1 Å². The van der Waals surface area contributed by atoms with Gasteiger partial charge >= 0.3 is 0 Å². The molecule has 1 fully saturated rings. The molecule has 0 saturated heterocycles. The second-order valence-corrected chi connectivity index (χ2v) is 7.41. The molecule has 2 heterocycles. The summed E-state index contributed by atoms with van der Waals surface area (Å²) in [5.74, 6) is 0.885. The highest BCUT2D eigenvalue weighted by Gasteiger charge is 2.15. The quantitative estimate of drug-likeness (QED) is 0.509. The summed E-state index contributed by atoms with van der Waals surface area (Å²) in [6, 6.07) is 2.25. The van der Waals surface area contributed by atoms with Gasteiger partial charge in [0, 0.05) is 6.04 Å². The molecule has 0 spiro atoms. The van der Waals surface area contributed by atoms with Gasteiger partial charge in [0.1, 0.15) is 10.6 Å². The highest BCUT2D eigenvalue weighted by atomic mass is 32.2. The van der Waals surface area contributed by atoms with Gasteiger partial charge in [0.25, 0.3) is 0 Å². The lowest BCUT2D eigenvalue weighted by molar-refractivity contribution is -0.119. The van der Waals surface area contributed by atoms with E-state index in [1.165, 1.54) is 48.8 Å². The number of thioether (sulfide) groups is 1. The average Bonchev–Trinajstić information content (AvgIpc) is 2.83. The van der Waals surface area contributed by atoms with Crippen LogP contribution in [0.2, 0.25) is 0 Å². The number of nitrogens with two attached hydrogens (primary N) is 1. The van der Waals surface area contributed by atoms with E-state index >= 15 is 0 Å². The van der Waals surface area contributed by atoms with Crippen molar-refractivity contribution in [1.82, 2.24) is 15.3 Å². The van der Waals surface area contributed by atoms with Crippen molar-refractivity contribution in [2.45, 2.75) is 49.7 Å². The molecule has 0 atom stereocenters. The maximum Gasteiger partial charge on any atom is 0.230 e. The summed E-state index contributed by atoms with van der Waals surface area (Å²) in [5.41, 5.74) is 5.92. The number of anilines is 1. The van der Waals surface area contributed by atoms with Crippen LogP contribution in [0.3, 0.4) is 0 Å². The van der Waals surface area contributed by atoms with Crippen molar-refractivity contribution in [1.29, 1.82) is 0 Å². The number of aromatic nitrogens is 2. The monoisotopic (exact) mass is 336 g/mol. The van der Waals surface area contributed by atoms with Crippen molar-refractivity contribution in [2.75, 3.05) is 11.5 Å². The molecule has 3 N–H and O–H groups in total. The highest BCUT2D eigenvalue weighted by Crippen LogP contribution is 2.26. The average molecular weight is 336 g/mol. The zero-order chi connectivity index (χ0) is 15.4. The van der Waals surface area contributed by atoms with Crippen molar-refractivity contribution in [2.24, 2.45) is 0 Å². The number of thiophene rings is 1. The fourth-order valence-electron chi connectivity index (χ4n) is 2.75. The number of amides is 1. The summed E-state index contributed by atoms with van der Waals surface area (Å²) in [4.78, 5) is 21.7. The first-order valence-corrected chi connectivity index (χ1v) is 9.52. The number of hydrogen-bond donors (Lipinski definition) is 2. The van der Waals surface area contributed by atoms with Gasteiger partial charge in [-0.05, 0) is 24.3 Å². The van der Waals surface area contributed by atoms with Crippen LogP contribution < -0.4 is 11.1 Å². The summed E-state index contributed by atoms with van der Waals surface area (Å²) >= 11 is 2.88. The van der Waals surface area contributed by atoms with Crippen LogP contribution in [-0.4, -0.2) is 27.7 Å². The van der Waals surface area contributed by atoms with Gasteiger partial charge in [-0.25, -0.2) is 9.97 Å². The largest absolute Gasteiger partial charge is 0.383 e. The van der Waals surface area contributed by atoms with Gasteiger partial charge in [-0.1, -0.05) is 37.4 Å².